The highest BCUT2D eigenvalue weighted by molar-refractivity contribution is 7.91. The third-order valence-corrected chi connectivity index (χ3v) is 5.06. The maximum absolute atomic E-state index is 11.9. The lowest BCUT2D eigenvalue weighted by atomic mass is 10.3. The molecule has 0 aliphatic heterocycles. The first-order valence-electron chi connectivity index (χ1n) is 7.74. The molecule has 0 spiro atoms. The number of hydrogen-bond acceptors (Lipinski definition) is 4. The Hall–Kier alpha value is -1.07. The molecule has 0 amide bonds. The highest BCUT2D eigenvalue weighted by Gasteiger charge is 2.12. The summed E-state index contributed by atoms with van der Waals surface area (Å²) in [4.78, 5) is 0.401. The molecule has 0 unspecified atom stereocenters. The number of anilines is 1. The van der Waals surface area contributed by atoms with E-state index < -0.39 is 9.84 Å². The average molecular weight is 313 g/mol. The molecule has 120 valence electrons. The zero-order valence-corrected chi connectivity index (χ0v) is 13.9. The number of nitrogens with one attached hydrogen (secondary N) is 1. The van der Waals surface area contributed by atoms with Crippen LogP contribution in [0.2, 0.25) is 0 Å². The van der Waals surface area contributed by atoms with Crippen molar-refractivity contribution in [2.45, 2.75) is 44.4 Å². The van der Waals surface area contributed by atoms with Gasteiger partial charge in [0.1, 0.15) is 0 Å². The average Bonchev–Trinajstić information content (AvgIpc) is 2.47. The van der Waals surface area contributed by atoms with Gasteiger partial charge in [-0.05, 0) is 43.5 Å². The monoisotopic (exact) mass is 313 g/mol. The lowest BCUT2D eigenvalue weighted by molar-refractivity contribution is 0.131. The van der Waals surface area contributed by atoms with Crippen molar-refractivity contribution in [3.05, 3.63) is 24.3 Å². The van der Waals surface area contributed by atoms with Gasteiger partial charge in [0.25, 0.3) is 0 Å². The Morgan fingerprint density at radius 3 is 2.29 bits per heavy atom. The first-order valence-corrected chi connectivity index (χ1v) is 9.39. The Labute approximate surface area is 128 Å². The van der Waals surface area contributed by atoms with E-state index >= 15 is 0 Å². The van der Waals surface area contributed by atoms with Crippen molar-refractivity contribution >= 4 is 15.5 Å². The summed E-state index contributed by atoms with van der Waals surface area (Å²) in [6, 6.07) is 6.98. The second kappa shape index (κ2) is 9.79. The van der Waals surface area contributed by atoms with E-state index in [9.17, 15) is 8.42 Å². The molecule has 1 rings (SSSR count). The van der Waals surface area contributed by atoms with Crippen LogP contribution in [0.5, 0.6) is 0 Å². The third-order valence-electron chi connectivity index (χ3n) is 3.12. The molecule has 0 aliphatic carbocycles. The number of ether oxygens (including phenoxy) is 1. The highest BCUT2D eigenvalue weighted by atomic mass is 32.2. The molecule has 21 heavy (non-hydrogen) atoms. The van der Waals surface area contributed by atoms with E-state index in [1.54, 1.807) is 12.1 Å². The lowest BCUT2D eigenvalue weighted by Crippen LogP contribution is -2.08. The number of hydrogen-bond donors (Lipinski definition) is 1. The molecule has 0 saturated carbocycles. The molecule has 0 heterocycles. The molecular weight excluding hydrogens is 286 g/mol. The lowest BCUT2D eigenvalue weighted by Gasteiger charge is -2.08. The van der Waals surface area contributed by atoms with Crippen molar-refractivity contribution in [1.29, 1.82) is 0 Å². The summed E-state index contributed by atoms with van der Waals surface area (Å²) in [5.74, 6) is 0.203. The molecule has 0 fully saturated rings. The zero-order chi connectivity index (χ0) is 15.6. The van der Waals surface area contributed by atoms with Crippen LogP contribution in [0.25, 0.3) is 0 Å². The van der Waals surface area contributed by atoms with Gasteiger partial charge in [0, 0.05) is 25.4 Å². The minimum Gasteiger partial charge on any atom is -0.385 e. The fourth-order valence-electron chi connectivity index (χ4n) is 1.92. The minimum absolute atomic E-state index is 0.203. The summed E-state index contributed by atoms with van der Waals surface area (Å²) in [5.41, 5.74) is 0.944. The van der Waals surface area contributed by atoms with E-state index in [-0.39, 0.29) is 5.75 Å². The maximum Gasteiger partial charge on any atom is 0.178 e. The molecular formula is C16H27NO3S. The third kappa shape index (κ3) is 6.96. The topological polar surface area (TPSA) is 55.4 Å². The predicted octanol–water partition coefficient (Wildman–Crippen LogP) is 3.49. The second-order valence-corrected chi connectivity index (χ2v) is 7.20. The van der Waals surface area contributed by atoms with Gasteiger partial charge in [-0.2, -0.15) is 0 Å². The first-order chi connectivity index (χ1) is 10.1. The first kappa shape index (κ1) is 18.0. The van der Waals surface area contributed by atoms with Crippen LogP contribution < -0.4 is 5.32 Å². The zero-order valence-electron chi connectivity index (χ0n) is 13.1. The van der Waals surface area contributed by atoms with E-state index in [0.29, 0.717) is 11.3 Å². The highest BCUT2D eigenvalue weighted by Crippen LogP contribution is 2.16. The Kier molecular flexibility index (Phi) is 8.38. The van der Waals surface area contributed by atoms with E-state index in [4.69, 9.17) is 4.74 Å². The van der Waals surface area contributed by atoms with Crippen LogP contribution >= 0.6 is 0 Å². The summed E-state index contributed by atoms with van der Waals surface area (Å²) in [7, 11) is -3.11. The molecule has 0 atom stereocenters. The second-order valence-electron chi connectivity index (χ2n) is 5.09. The standard InChI is InChI=1S/C16H27NO3S/c1-3-5-12-20-13-6-11-17-15-7-9-16(10-8-15)21(18,19)14-4-2/h7-10,17H,3-6,11-14H2,1-2H3. The van der Waals surface area contributed by atoms with Crippen molar-refractivity contribution in [2.24, 2.45) is 0 Å². The van der Waals surface area contributed by atoms with Gasteiger partial charge in [-0.25, -0.2) is 8.42 Å². The van der Waals surface area contributed by atoms with Crippen molar-refractivity contribution in [2.75, 3.05) is 30.8 Å². The molecule has 5 heteroatoms. The molecule has 0 radical (unpaired) electrons. The van der Waals surface area contributed by atoms with Crippen LogP contribution in [0.4, 0.5) is 5.69 Å². The molecule has 0 bridgehead atoms. The summed E-state index contributed by atoms with van der Waals surface area (Å²) in [6.07, 6.45) is 3.85. The molecule has 1 N–H and O–H groups in total. The van der Waals surface area contributed by atoms with Gasteiger partial charge < -0.3 is 10.1 Å². The van der Waals surface area contributed by atoms with Crippen LogP contribution in [-0.4, -0.2) is 33.9 Å². The number of benzene rings is 1. The van der Waals surface area contributed by atoms with Gasteiger partial charge in [0.15, 0.2) is 9.84 Å². The number of rotatable bonds is 11. The van der Waals surface area contributed by atoms with Crippen LogP contribution in [0.1, 0.15) is 39.5 Å². The fourth-order valence-corrected chi connectivity index (χ4v) is 3.25. The summed E-state index contributed by atoms with van der Waals surface area (Å²) in [5, 5.41) is 3.27. The maximum atomic E-state index is 11.9. The molecule has 0 aromatic heterocycles. The van der Waals surface area contributed by atoms with Crippen LogP contribution in [0.15, 0.2) is 29.2 Å². The Morgan fingerprint density at radius 1 is 1.00 bits per heavy atom. The van der Waals surface area contributed by atoms with Gasteiger partial charge in [-0.3, -0.25) is 0 Å². The summed E-state index contributed by atoms with van der Waals surface area (Å²) >= 11 is 0. The Balaban J connectivity index is 2.32. The van der Waals surface area contributed by atoms with Crippen LogP contribution in [0.3, 0.4) is 0 Å². The van der Waals surface area contributed by atoms with Crippen LogP contribution in [0, 0.1) is 0 Å². The van der Waals surface area contributed by atoms with E-state index in [1.807, 2.05) is 19.1 Å². The minimum atomic E-state index is -3.11. The van der Waals surface area contributed by atoms with Gasteiger partial charge in [0.2, 0.25) is 0 Å². The molecule has 4 nitrogen and oxygen atoms in total. The molecule has 0 saturated heterocycles. The van der Waals surface area contributed by atoms with Gasteiger partial charge >= 0.3 is 0 Å². The quantitative estimate of drug-likeness (QED) is 0.635. The summed E-state index contributed by atoms with van der Waals surface area (Å²) in [6.45, 7) is 6.44. The normalized spacial score (nSPS) is 11.5. The van der Waals surface area contributed by atoms with E-state index in [0.717, 1.165) is 44.7 Å². The smallest absolute Gasteiger partial charge is 0.178 e. The van der Waals surface area contributed by atoms with Gasteiger partial charge in [0.05, 0.1) is 10.6 Å². The predicted molar refractivity (Wildman–Crippen MR) is 87.6 cm³/mol. The summed E-state index contributed by atoms with van der Waals surface area (Å²) < 4.78 is 29.3. The largest absolute Gasteiger partial charge is 0.385 e. The number of unbranched alkanes of at least 4 members (excludes halogenated alkanes) is 1. The van der Waals surface area contributed by atoms with E-state index in [2.05, 4.69) is 12.2 Å². The van der Waals surface area contributed by atoms with Crippen LogP contribution in [-0.2, 0) is 14.6 Å². The fraction of sp³-hybridized carbons (Fsp3) is 0.625. The number of sulfone groups is 1. The van der Waals surface area contributed by atoms with E-state index in [1.165, 1.54) is 0 Å². The van der Waals surface area contributed by atoms with Crippen molar-refractivity contribution in [1.82, 2.24) is 0 Å². The Bertz CT molecular complexity index is 483. The molecule has 1 aromatic rings. The Morgan fingerprint density at radius 2 is 1.67 bits per heavy atom. The van der Waals surface area contributed by atoms with Gasteiger partial charge in [-0.1, -0.05) is 20.3 Å². The molecule has 1 aromatic carbocycles. The van der Waals surface area contributed by atoms with Gasteiger partial charge in [-0.15, -0.1) is 0 Å². The SMILES string of the molecule is CCCCOCCCNc1ccc(S(=O)(=O)CCC)cc1. The molecule has 0 aliphatic rings. The van der Waals surface area contributed by atoms with Crippen molar-refractivity contribution in [3.8, 4) is 0 Å². The van der Waals surface area contributed by atoms with Crippen molar-refractivity contribution in [3.63, 3.8) is 0 Å². The van der Waals surface area contributed by atoms with Crippen molar-refractivity contribution < 1.29 is 13.2 Å².